The van der Waals surface area contributed by atoms with E-state index < -0.39 is 17.8 Å². The number of nitrogens with zero attached hydrogens (tertiary/aromatic N) is 2. The van der Waals surface area contributed by atoms with E-state index in [9.17, 15) is 14.7 Å². The van der Waals surface area contributed by atoms with Crippen LogP contribution in [-0.2, 0) is 9.59 Å². The molecular formula is C19H23N2O4-. The van der Waals surface area contributed by atoms with Crippen LogP contribution in [0.2, 0.25) is 0 Å². The minimum atomic E-state index is -1.13. The monoisotopic (exact) mass is 343 g/mol. The predicted molar refractivity (Wildman–Crippen MR) is 92.1 cm³/mol. The Bertz CT molecular complexity index is 665. The van der Waals surface area contributed by atoms with Crippen molar-refractivity contribution in [3.63, 3.8) is 0 Å². The highest BCUT2D eigenvalue weighted by Crippen LogP contribution is 2.28. The first-order valence-electron chi connectivity index (χ1n) is 8.64. The van der Waals surface area contributed by atoms with Crippen molar-refractivity contribution in [2.75, 3.05) is 38.2 Å². The van der Waals surface area contributed by atoms with Gasteiger partial charge < -0.3 is 24.4 Å². The third-order valence-corrected chi connectivity index (χ3v) is 5.06. The number of hydrogen-bond acceptors (Lipinski definition) is 5. The first-order valence-corrected chi connectivity index (χ1v) is 8.64. The number of carboxylic acids is 1. The van der Waals surface area contributed by atoms with Gasteiger partial charge in [0.2, 0.25) is 5.91 Å². The molecule has 0 spiro atoms. The molecule has 0 radical (unpaired) electrons. The molecule has 0 bridgehead atoms. The van der Waals surface area contributed by atoms with Gasteiger partial charge in [0.05, 0.1) is 7.11 Å². The summed E-state index contributed by atoms with van der Waals surface area (Å²) >= 11 is 0. The van der Waals surface area contributed by atoms with E-state index in [0.717, 1.165) is 24.5 Å². The molecule has 6 heteroatoms. The number of amides is 1. The summed E-state index contributed by atoms with van der Waals surface area (Å²) in [5, 5.41) is 11.3. The van der Waals surface area contributed by atoms with Gasteiger partial charge in [0.15, 0.2) is 0 Å². The Morgan fingerprint density at radius 1 is 1.08 bits per heavy atom. The number of ether oxygens (including phenoxy) is 1. The van der Waals surface area contributed by atoms with Crippen molar-refractivity contribution in [1.29, 1.82) is 0 Å². The number of anilines is 1. The number of methoxy groups -OCH3 is 1. The Labute approximate surface area is 147 Å². The number of carboxylic acid groups (broad SMARTS) is 1. The lowest BCUT2D eigenvalue weighted by atomic mass is 9.82. The van der Waals surface area contributed by atoms with Crippen molar-refractivity contribution in [3.05, 3.63) is 36.4 Å². The summed E-state index contributed by atoms with van der Waals surface area (Å²) in [6.07, 6.45) is 4.58. The topological polar surface area (TPSA) is 72.9 Å². The van der Waals surface area contributed by atoms with Crippen LogP contribution >= 0.6 is 0 Å². The van der Waals surface area contributed by atoms with Crippen LogP contribution in [0.25, 0.3) is 0 Å². The van der Waals surface area contributed by atoms with Crippen molar-refractivity contribution in [3.8, 4) is 5.75 Å². The average molecular weight is 343 g/mol. The first kappa shape index (κ1) is 17.3. The molecule has 0 saturated carbocycles. The highest BCUT2D eigenvalue weighted by Gasteiger charge is 2.34. The van der Waals surface area contributed by atoms with Crippen LogP contribution < -0.4 is 14.7 Å². The smallest absolute Gasteiger partial charge is 0.226 e. The maximum Gasteiger partial charge on any atom is 0.226 e. The summed E-state index contributed by atoms with van der Waals surface area (Å²) < 4.78 is 5.26. The van der Waals surface area contributed by atoms with E-state index in [1.165, 1.54) is 0 Å². The highest BCUT2D eigenvalue weighted by atomic mass is 16.5. The molecule has 0 aromatic heterocycles. The van der Waals surface area contributed by atoms with Crippen molar-refractivity contribution in [1.82, 2.24) is 4.90 Å². The average Bonchev–Trinajstić information content (AvgIpc) is 2.67. The molecule has 3 rings (SSSR count). The number of benzene rings is 1. The van der Waals surface area contributed by atoms with E-state index in [4.69, 9.17) is 4.74 Å². The fourth-order valence-electron chi connectivity index (χ4n) is 3.57. The number of hydrogen-bond donors (Lipinski definition) is 0. The number of aliphatic carboxylic acids is 1. The van der Waals surface area contributed by atoms with Gasteiger partial charge in [-0.05, 0) is 25.0 Å². The van der Waals surface area contributed by atoms with Crippen LogP contribution in [0.5, 0.6) is 5.75 Å². The van der Waals surface area contributed by atoms with E-state index >= 15 is 0 Å². The van der Waals surface area contributed by atoms with Gasteiger partial charge in [-0.2, -0.15) is 0 Å². The molecule has 134 valence electrons. The second kappa shape index (κ2) is 7.59. The third-order valence-electron chi connectivity index (χ3n) is 5.06. The zero-order chi connectivity index (χ0) is 17.8. The molecule has 0 N–H and O–H groups in total. The molecular weight excluding hydrogens is 320 g/mol. The van der Waals surface area contributed by atoms with Crippen molar-refractivity contribution < 1.29 is 19.4 Å². The molecule has 1 fully saturated rings. The van der Waals surface area contributed by atoms with Gasteiger partial charge in [-0.25, -0.2) is 0 Å². The number of allylic oxidation sites excluding steroid dienone is 2. The molecule has 0 unspecified atom stereocenters. The predicted octanol–water partition coefficient (Wildman–Crippen LogP) is 0.676. The summed E-state index contributed by atoms with van der Waals surface area (Å²) in [5.74, 6) is -1.60. The van der Waals surface area contributed by atoms with Gasteiger partial charge in [-0.1, -0.05) is 18.2 Å². The summed E-state index contributed by atoms with van der Waals surface area (Å²) in [4.78, 5) is 28.1. The van der Waals surface area contributed by atoms with Crippen LogP contribution in [0.4, 0.5) is 5.69 Å². The Morgan fingerprint density at radius 3 is 2.40 bits per heavy atom. The van der Waals surface area contributed by atoms with E-state index in [1.54, 1.807) is 12.0 Å². The maximum atomic E-state index is 12.8. The molecule has 1 aliphatic heterocycles. The number of rotatable bonds is 4. The molecule has 1 heterocycles. The van der Waals surface area contributed by atoms with Gasteiger partial charge in [0.1, 0.15) is 5.75 Å². The Morgan fingerprint density at radius 2 is 1.76 bits per heavy atom. The second-order valence-corrected chi connectivity index (χ2v) is 6.49. The van der Waals surface area contributed by atoms with E-state index in [-0.39, 0.29) is 5.91 Å². The van der Waals surface area contributed by atoms with Gasteiger partial charge in [0, 0.05) is 55.7 Å². The van der Waals surface area contributed by atoms with Gasteiger partial charge in [-0.15, -0.1) is 0 Å². The fraction of sp³-hybridized carbons (Fsp3) is 0.474. The van der Waals surface area contributed by atoms with Gasteiger partial charge >= 0.3 is 0 Å². The lowest BCUT2D eigenvalue weighted by Gasteiger charge is -2.39. The molecule has 1 aromatic carbocycles. The minimum absolute atomic E-state index is 0.0659. The van der Waals surface area contributed by atoms with Gasteiger partial charge in [-0.3, -0.25) is 4.79 Å². The summed E-state index contributed by atoms with van der Waals surface area (Å²) in [5.41, 5.74) is 1.07. The number of carbonyl (C=O) groups excluding carboxylic acids is 2. The van der Waals surface area contributed by atoms with E-state index in [0.29, 0.717) is 25.9 Å². The van der Waals surface area contributed by atoms with Crippen LogP contribution in [0.3, 0.4) is 0 Å². The van der Waals surface area contributed by atoms with E-state index in [2.05, 4.69) is 4.90 Å². The lowest BCUT2D eigenvalue weighted by Crippen LogP contribution is -2.52. The van der Waals surface area contributed by atoms with Crippen LogP contribution in [0.1, 0.15) is 12.8 Å². The highest BCUT2D eigenvalue weighted by molar-refractivity contribution is 5.85. The molecule has 1 aliphatic carbocycles. The summed E-state index contributed by atoms with van der Waals surface area (Å²) in [6, 6.07) is 7.86. The number of piperazine rings is 1. The molecule has 2 aliphatic rings. The van der Waals surface area contributed by atoms with Crippen molar-refractivity contribution in [2.24, 2.45) is 11.8 Å². The molecule has 25 heavy (non-hydrogen) atoms. The standard InChI is InChI=1S/C19H24N2O4/c1-25-15-6-4-5-14(13-15)20-9-11-21(12-10-20)18(22)16-7-2-3-8-17(16)19(23)24/h2-6,13,16-17H,7-12H2,1H3,(H,23,24)/p-1/t16-,17-/m1/s1. The van der Waals surface area contributed by atoms with Crippen LogP contribution in [-0.4, -0.2) is 50.1 Å². The van der Waals surface area contributed by atoms with Crippen LogP contribution in [0, 0.1) is 11.8 Å². The summed E-state index contributed by atoms with van der Waals surface area (Å²) in [6.45, 7) is 2.63. The first-order chi connectivity index (χ1) is 12.1. The van der Waals surface area contributed by atoms with Crippen LogP contribution in [0.15, 0.2) is 36.4 Å². The Balaban J connectivity index is 1.62. The van der Waals surface area contributed by atoms with Crippen molar-refractivity contribution in [2.45, 2.75) is 12.8 Å². The quantitative estimate of drug-likeness (QED) is 0.752. The Hall–Kier alpha value is -2.50. The largest absolute Gasteiger partial charge is 0.550 e. The molecule has 2 atom stereocenters. The zero-order valence-corrected chi connectivity index (χ0v) is 14.4. The van der Waals surface area contributed by atoms with Gasteiger partial charge in [0.25, 0.3) is 0 Å². The van der Waals surface area contributed by atoms with Crippen molar-refractivity contribution >= 4 is 17.6 Å². The fourth-order valence-corrected chi connectivity index (χ4v) is 3.57. The SMILES string of the molecule is COc1cccc(N2CCN(C(=O)[C@@H]3CC=CC[C@H]3C(=O)[O-])CC2)c1. The van der Waals surface area contributed by atoms with E-state index in [1.807, 2.05) is 36.4 Å². The minimum Gasteiger partial charge on any atom is -0.550 e. The Kier molecular flexibility index (Phi) is 5.26. The molecule has 1 aromatic rings. The zero-order valence-electron chi connectivity index (χ0n) is 14.4. The number of carbonyl (C=O) groups is 2. The normalized spacial score (nSPS) is 23.4. The molecule has 6 nitrogen and oxygen atoms in total. The third kappa shape index (κ3) is 3.78. The maximum absolute atomic E-state index is 12.8. The summed E-state index contributed by atoms with van der Waals surface area (Å²) in [7, 11) is 1.64. The second-order valence-electron chi connectivity index (χ2n) is 6.49. The molecule has 1 saturated heterocycles. The lowest BCUT2D eigenvalue weighted by molar-refractivity contribution is -0.313. The molecule has 1 amide bonds.